The maximum atomic E-state index is 12.5. The van der Waals surface area contributed by atoms with Crippen LogP contribution in [0, 0.1) is 0 Å². The van der Waals surface area contributed by atoms with Gasteiger partial charge in [0, 0.05) is 0 Å². The van der Waals surface area contributed by atoms with Gasteiger partial charge in [-0.1, -0.05) is 0 Å². The van der Waals surface area contributed by atoms with Crippen LogP contribution in [0.2, 0.25) is 0 Å². The van der Waals surface area contributed by atoms with Crippen LogP contribution in [0.15, 0.2) is 11.7 Å². The van der Waals surface area contributed by atoms with E-state index >= 15 is 0 Å². The molecule has 0 aliphatic rings. The standard InChI is InChI=1S/C7H2F12/c8-1-4(11,12)7(18,19)5(13,14)2(9)3(10)6(15,16)17/h1H2/b3-2+. The lowest BCUT2D eigenvalue weighted by molar-refractivity contribution is -0.304. The summed E-state index contributed by atoms with van der Waals surface area (Å²) in [6.07, 6.45) is -6.44. The highest BCUT2D eigenvalue weighted by Gasteiger charge is 2.75. The van der Waals surface area contributed by atoms with Gasteiger partial charge in [-0.2, -0.15) is 43.9 Å². The minimum atomic E-state index is -6.90. The summed E-state index contributed by atoms with van der Waals surface area (Å²) in [6, 6.07) is 0. The molecule has 0 unspecified atom stereocenters. The van der Waals surface area contributed by atoms with Crippen molar-refractivity contribution >= 4 is 0 Å². The highest BCUT2D eigenvalue weighted by Crippen LogP contribution is 2.51. The first-order valence-electron chi connectivity index (χ1n) is 3.95. The summed E-state index contributed by atoms with van der Waals surface area (Å²) >= 11 is 0. The minimum Gasteiger partial charge on any atom is -0.244 e. The van der Waals surface area contributed by atoms with Crippen LogP contribution in [0.1, 0.15) is 0 Å². The van der Waals surface area contributed by atoms with Crippen LogP contribution < -0.4 is 0 Å². The van der Waals surface area contributed by atoms with Crippen molar-refractivity contribution in [3.8, 4) is 0 Å². The van der Waals surface area contributed by atoms with Gasteiger partial charge in [-0.05, 0) is 0 Å². The minimum absolute atomic E-state index is 3.42. The number of hydrogen-bond donors (Lipinski definition) is 0. The molecule has 0 aromatic carbocycles. The molecule has 0 atom stereocenters. The van der Waals surface area contributed by atoms with Gasteiger partial charge in [-0.3, -0.25) is 0 Å². The van der Waals surface area contributed by atoms with Gasteiger partial charge in [0.05, 0.1) is 0 Å². The molecule has 0 N–H and O–H groups in total. The van der Waals surface area contributed by atoms with E-state index in [0.717, 1.165) is 0 Å². The number of rotatable bonds is 4. The summed E-state index contributed by atoms with van der Waals surface area (Å²) in [7, 11) is 0. The molecular formula is C7H2F12. The summed E-state index contributed by atoms with van der Waals surface area (Å²) in [5, 5.41) is 0. The highest BCUT2D eigenvalue weighted by atomic mass is 19.4. The van der Waals surface area contributed by atoms with Crippen molar-refractivity contribution in [2.75, 3.05) is 6.67 Å². The van der Waals surface area contributed by atoms with Crippen molar-refractivity contribution in [1.82, 2.24) is 0 Å². The number of alkyl halides is 10. The normalized spacial score (nSPS) is 16.4. The zero-order valence-electron chi connectivity index (χ0n) is 8.24. The molecule has 0 spiro atoms. The topological polar surface area (TPSA) is 0 Å². The summed E-state index contributed by atoms with van der Waals surface area (Å²) in [6.45, 7) is -3.42. The van der Waals surface area contributed by atoms with E-state index in [-0.39, 0.29) is 0 Å². The van der Waals surface area contributed by atoms with Gasteiger partial charge < -0.3 is 0 Å². The van der Waals surface area contributed by atoms with Gasteiger partial charge in [-0.25, -0.2) is 8.78 Å². The predicted octanol–water partition coefficient (Wildman–Crippen LogP) is 4.57. The molecule has 0 nitrogen and oxygen atoms in total. The first-order valence-corrected chi connectivity index (χ1v) is 3.95. The zero-order chi connectivity index (χ0) is 15.9. The Morgan fingerprint density at radius 2 is 1.05 bits per heavy atom. The molecule has 19 heavy (non-hydrogen) atoms. The van der Waals surface area contributed by atoms with Crippen molar-refractivity contribution in [2.24, 2.45) is 0 Å². The molecule has 0 rings (SSSR count). The third-order valence-corrected chi connectivity index (χ3v) is 1.74. The highest BCUT2D eigenvalue weighted by molar-refractivity contribution is 5.19. The molecule has 0 radical (unpaired) electrons. The summed E-state index contributed by atoms with van der Waals surface area (Å²) in [5.74, 6) is -28.8. The monoisotopic (exact) mass is 314 g/mol. The molecule has 0 heterocycles. The first kappa shape index (κ1) is 17.9. The third-order valence-electron chi connectivity index (χ3n) is 1.74. The first-order chi connectivity index (χ1) is 8.13. The maximum absolute atomic E-state index is 12.5. The maximum Gasteiger partial charge on any atom is 0.445 e. The number of hydrogen-bond acceptors (Lipinski definition) is 0. The van der Waals surface area contributed by atoms with Crippen LogP contribution >= 0.6 is 0 Å². The Hall–Kier alpha value is -1.10. The second-order valence-electron chi connectivity index (χ2n) is 3.11. The molecule has 0 saturated carbocycles. The third kappa shape index (κ3) is 2.91. The van der Waals surface area contributed by atoms with Crippen LogP contribution in [0.25, 0.3) is 0 Å². The smallest absolute Gasteiger partial charge is 0.244 e. The lowest BCUT2D eigenvalue weighted by Crippen LogP contribution is -2.56. The van der Waals surface area contributed by atoms with Gasteiger partial charge in [0.25, 0.3) is 0 Å². The second kappa shape index (κ2) is 4.78. The van der Waals surface area contributed by atoms with E-state index in [4.69, 9.17) is 0 Å². The molecular weight excluding hydrogens is 312 g/mol. The van der Waals surface area contributed by atoms with E-state index in [9.17, 15) is 52.7 Å². The summed E-state index contributed by atoms with van der Waals surface area (Å²) in [5.41, 5.74) is 0. The van der Waals surface area contributed by atoms with Crippen molar-refractivity contribution in [2.45, 2.75) is 23.9 Å². The van der Waals surface area contributed by atoms with Crippen LogP contribution in [-0.2, 0) is 0 Å². The van der Waals surface area contributed by atoms with Gasteiger partial charge in [-0.15, -0.1) is 0 Å². The second-order valence-corrected chi connectivity index (χ2v) is 3.11. The molecule has 0 aromatic rings. The number of allylic oxidation sites excluding steroid dienone is 2. The predicted molar refractivity (Wildman–Crippen MR) is 36.1 cm³/mol. The van der Waals surface area contributed by atoms with E-state index in [1.165, 1.54) is 0 Å². The molecule has 0 aliphatic heterocycles. The fourth-order valence-electron chi connectivity index (χ4n) is 0.714. The van der Waals surface area contributed by atoms with E-state index < -0.39 is 42.3 Å². The fourth-order valence-corrected chi connectivity index (χ4v) is 0.714. The molecule has 0 saturated heterocycles. The summed E-state index contributed by atoms with van der Waals surface area (Å²) < 4.78 is 144. The van der Waals surface area contributed by atoms with Gasteiger partial charge >= 0.3 is 23.9 Å². The molecule has 0 aliphatic carbocycles. The van der Waals surface area contributed by atoms with E-state index in [1.807, 2.05) is 0 Å². The Kier molecular flexibility index (Phi) is 4.50. The Balaban J connectivity index is 5.89. The van der Waals surface area contributed by atoms with Crippen molar-refractivity contribution in [3.05, 3.63) is 11.7 Å². The molecule has 0 bridgehead atoms. The average Bonchev–Trinajstić information content (AvgIpc) is 2.24. The van der Waals surface area contributed by atoms with E-state index in [2.05, 4.69) is 0 Å². The number of halogens is 12. The van der Waals surface area contributed by atoms with Crippen molar-refractivity contribution in [1.29, 1.82) is 0 Å². The Morgan fingerprint density at radius 3 is 1.32 bits per heavy atom. The Labute approximate surface area is 96.2 Å². The Bertz CT molecular complexity index is 361. The van der Waals surface area contributed by atoms with Crippen LogP contribution in [-0.4, -0.2) is 30.6 Å². The van der Waals surface area contributed by atoms with Crippen LogP contribution in [0.4, 0.5) is 52.7 Å². The zero-order valence-corrected chi connectivity index (χ0v) is 8.24. The lowest BCUT2D eigenvalue weighted by Gasteiger charge is -2.30. The van der Waals surface area contributed by atoms with E-state index in [0.29, 0.717) is 0 Å². The largest absolute Gasteiger partial charge is 0.445 e. The molecule has 0 aromatic heterocycles. The van der Waals surface area contributed by atoms with Gasteiger partial charge in [0.15, 0.2) is 6.67 Å². The van der Waals surface area contributed by atoms with Crippen LogP contribution in [0.5, 0.6) is 0 Å². The molecule has 114 valence electrons. The molecule has 0 amide bonds. The van der Waals surface area contributed by atoms with Crippen molar-refractivity contribution < 1.29 is 52.7 Å². The van der Waals surface area contributed by atoms with Gasteiger partial charge in [0.2, 0.25) is 11.7 Å². The van der Waals surface area contributed by atoms with E-state index in [1.54, 1.807) is 0 Å². The molecule has 0 fully saturated rings. The average molecular weight is 314 g/mol. The van der Waals surface area contributed by atoms with Crippen molar-refractivity contribution in [3.63, 3.8) is 0 Å². The fraction of sp³-hybridized carbons (Fsp3) is 0.714. The lowest BCUT2D eigenvalue weighted by atomic mass is 10.0. The molecule has 12 heteroatoms. The quantitative estimate of drug-likeness (QED) is 0.667. The summed E-state index contributed by atoms with van der Waals surface area (Å²) in [4.78, 5) is 0. The SMILES string of the molecule is FCC(F)(F)C(F)(F)C(F)(F)/C(F)=C(\F)C(F)(F)F. The van der Waals surface area contributed by atoms with Gasteiger partial charge in [0.1, 0.15) is 0 Å². The Morgan fingerprint density at radius 1 is 0.684 bits per heavy atom. The van der Waals surface area contributed by atoms with Crippen LogP contribution in [0.3, 0.4) is 0 Å².